The van der Waals surface area contributed by atoms with Gasteiger partial charge in [0.25, 0.3) is 11.6 Å². The Morgan fingerprint density at radius 1 is 1.04 bits per heavy atom. The quantitative estimate of drug-likeness (QED) is 0.410. The Kier molecular flexibility index (Phi) is 4.84. The Balaban J connectivity index is 1.65. The Labute approximate surface area is 143 Å². The van der Waals surface area contributed by atoms with Crippen LogP contribution in [0.1, 0.15) is 10.4 Å². The molecule has 2 aromatic carbocycles. The van der Waals surface area contributed by atoms with Crippen LogP contribution in [0.25, 0.3) is 10.8 Å². The van der Waals surface area contributed by atoms with E-state index < -0.39 is 4.92 Å². The van der Waals surface area contributed by atoms with E-state index in [1.165, 1.54) is 12.3 Å². The normalized spacial score (nSPS) is 10.4. The van der Waals surface area contributed by atoms with E-state index in [0.717, 1.165) is 11.1 Å². The van der Waals surface area contributed by atoms with Gasteiger partial charge in [0.1, 0.15) is 0 Å². The van der Waals surface area contributed by atoms with Crippen molar-refractivity contribution in [3.8, 4) is 0 Å². The minimum Gasteiger partial charge on any atom is -0.383 e. The lowest BCUT2D eigenvalue weighted by Crippen LogP contribution is -2.28. The highest BCUT2D eigenvalue weighted by atomic mass is 16.6. The number of pyridine rings is 1. The summed E-state index contributed by atoms with van der Waals surface area (Å²) in [6.45, 7) is 0.922. The summed E-state index contributed by atoms with van der Waals surface area (Å²) < 4.78 is 0. The number of carbonyl (C=O) groups excluding carboxylic acids is 1. The van der Waals surface area contributed by atoms with Crippen LogP contribution in [0.15, 0.2) is 60.9 Å². The number of non-ortho nitro benzene ring substituents is 1. The zero-order chi connectivity index (χ0) is 17.6. The number of carbonyl (C=O) groups is 1. The van der Waals surface area contributed by atoms with Gasteiger partial charge in [-0.05, 0) is 24.3 Å². The number of aromatic nitrogens is 1. The molecule has 7 nitrogen and oxygen atoms in total. The lowest BCUT2D eigenvalue weighted by atomic mass is 10.1. The van der Waals surface area contributed by atoms with Crippen LogP contribution in [0.2, 0.25) is 0 Å². The maximum Gasteiger partial charge on any atom is 0.278 e. The molecule has 0 saturated carbocycles. The molecular weight excluding hydrogens is 320 g/mol. The number of nitro benzene ring substituents is 1. The van der Waals surface area contributed by atoms with Gasteiger partial charge in [-0.15, -0.1) is 0 Å². The smallest absolute Gasteiger partial charge is 0.278 e. The van der Waals surface area contributed by atoms with Crippen LogP contribution in [0.5, 0.6) is 0 Å². The molecule has 7 heteroatoms. The number of anilines is 1. The predicted molar refractivity (Wildman–Crippen MR) is 95.7 cm³/mol. The third kappa shape index (κ3) is 3.72. The highest BCUT2D eigenvalue weighted by Crippen LogP contribution is 2.30. The molecule has 0 aliphatic heterocycles. The minimum atomic E-state index is -0.423. The Morgan fingerprint density at radius 2 is 1.84 bits per heavy atom. The first-order valence-electron chi connectivity index (χ1n) is 7.75. The van der Waals surface area contributed by atoms with Gasteiger partial charge in [-0.3, -0.25) is 19.9 Å². The third-order valence-electron chi connectivity index (χ3n) is 3.75. The van der Waals surface area contributed by atoms with Gasteiger partial charge in [-0.1, -0.05) is 18.2 Å². The van der Waals surface area contributed by atoms with Crippen molar-refractivity contribution in [2.24, 2.45) is 0 Å². The zero-order valence-electron chi connectivity index (χ0n) is 13.3. The van der Waals surface area contributed by atoms with Crippen LogP contribution < -0.4 is 10.6 Å². The molecule has 0 atom stereocenters. The molecule has 0 unspecified atom stereocenters. The molecule has 25 heavy (non-hydrogen) atoms. The molecule has 126 valence electrons. The molecule has 1 heterocycles. The predicted octanol–water partition coefficient (Wildman–Crippen LogP) is 2.98. The average Bonchev–Trinajstić information content (AvgIpc) is 2.65. The molecule has 0 saturated heterocycles. The molecule has 3 rings (SSSR count). The number of nitrogens with one attached hydrogen (secondary N) is 2. The number of rotatable bonds is 6. The summed E-state index contributed by atoms with van der Waals surface area (Å²) in [4.78, 5) is 26.6. The Bertz CT molecular complexity index is 913. The fraction of sp³-hybridized carbons (Fsp3) is 0.111. The fourth-order valence-electron chi connectivity index (χ4n) is 2.55. The highest BCUT2D eigenvalue weighted by molar-refractivity contribution is 5.99. The third-order valence-corrected chi connectivity index (χ3v) is 3.75. The van der Waals surface area contributed by atoms with E-state index >= 15 is 0 Å². The monoisotopic (exact) mass is 336 g/mol. The largest absolute Gasteiger partial charge is 0.383 e. The molecule has 0 radical (unpaired) electrons. The molecule has 0 bridgehead atoms. The maximum absolute atomic E-state index is 12.0. The second-order valence-electron chi connectivity index (χ2n) is 5.36. The standard InChI is InChI=1S/C18H16N4O3/c23-18(13-4-2-1-3-5-13)21-11-10-20-16-6-7-17(22(24)25)15-12-19-9-8-14(15)16/h1-9,12,20H,10-11H2,(H,21,23). The van der Waals surface area contributed by atoms with E-state index in [4.69, 9.17) is 0 Å². The van der Waals surface area contributed by atoms with Crippen LogP contribution in [0.4, 0.5) is 11.4 Å². The molecule has 3 aromatic rings. The number of nitrogens with zero attached hydrogens (tertiary/aromatic N) is 2. The summed E-state index contributed by atoms with van der Waals surface area (Å²) in [7, 11) is 0. The molecule has 1 amide bonds. The lowest BCUT2D eigenvalue weighted by Gasteiger charge is -2.11. The number of hydrogen-bond acceptors (Lipinski definition) is 5. The van der Waals surface area contributed by atoms with E-state index in [1.807, 2.05) is 18.2 Å². The average molecular weight is 336 g/mol. The van der Waals surface area contributed by atoms with Gasteiger partial charge < -0.3 is 10.6 Å². The van der Waals surface area contributed by atoms with Crippen molar-refractivity contribution in [3.63, 3.8) is 0 Å². The van der Waals surface area contributed by atoms with Crippen molar-refractivity contribution < 1.29 is 9.72 Å². The first kappa shape index (κ1) is 16.4. The van der Waals surface area contributed by atoms with E-state index in [1.54, 1.807) is 30.5 Å². The molecular formula is C18H16N4O3. The van der Waals surface area contributed by atoms with Gasteiger partial charge in [-0.25, -0.2) is 0 Å². The number of amides is 1. The van der Waals surface area contributed by atoms with Crippen LogP contribution in [0, 0.1) is 10.1 Å². The van der Waals surface area contributed by atoms with Crippen LogP contribution >= 0.6 is 0 Å². The SMILES string of the molecule is O=C(NCCNc1ccc([N+](=O)[O-])c2cnccc12)c1ccccc1. The van der Waals surface area contributed by atoms with Crippen LogP contribution in [-0.4, -0.2) is 28.9 Å². The van der Waals surface area contributed by atoms with Crippen molar-refractivity contribution >= 4 is 28.1 Å². The van der Waals surface area contributed by atoms with E-state index in [-0.39, 0.29) is 11.6 Å². The van der Waals surface area contributed by atoms with Crippen molar-refractivity contribution in [3.05, 3.63) is 76.6 Å². The van der Waals surface area contributed by atoms with Gasteiger partial charge in [0.2, 0.25) is 0 Å². The van der Waals surface area contributed by atoms with E-state index in [2.05, 4.69) is 15.6 Å². The van der Waals surface area contributed by atoms with Crippen molar-refractivity contribution in [2.45, 2.75) is 0 Å². The first-order valence-corrected chi connectivity index (χ1v) is 7.75. The van der Waals surface area contributed by atoms with E-state index in [0.29, 0.717) is 24.0 Å². The topological polar surface area (TPSA) is 97.2 Å². The molecule has 0 aliphatic carbocycles. The molecule has 2 N–H and O–H groups in total. The summed E-state index contributed by atoms with van der Waals surface area (Å²) in [6.07, 6.45) is 3.07. The maximum atomic E-state index is 12.0. The fourth-order valence-corrected chi connectivity index (χ4v) is 2.55. The zero-order valence-corrected chi connectivity index (χ0v) is 13.3. The van der Waals surface area contributed by atoms with Gasteiger partial charge in [0.15, 0.2) is 0 Å². The number of nitro groups is 1. The van der Waals surface area contributed by atoms with Gasteiger partial charge in [0, 0.05) is 48.2 Å². The summed E-state index contributed by atoms with van der Waals surface area (Å²) in [5.41, 5.74) is 1.39. The van der Waals surface area contributed by atoms with Crippen LogP contribution in [-0.2, 0) is 0 Å². The van der Waals surface area contributed by atoms with E-state index in [9.17, 15) is 14.9 Å². The van der Waals surface area contributed by atoms with Crippen molar-refractivity contribution in [1.29, 1.82) is 0 Å². The summed E-state index contributed by atoms with van der Waals surface area (Å²) in [6, 6.07) is 13.8. The molecule has 0 fully saturated rings. The molecule has 0 spiro atoms. The molecule has 0 aliphatic rings. The number of benzene rings is 2. The van der Waals surface area contributed by atoms with Gasteiger partial charge >= 0.3 is 0 Å². The van der Waals surface area contributed by atoms with Crippen molar-refractivity contribution in [1.82, 2.24) is 10.3 Å². The van der Waals surface area contributed by atoms with Gasteiger partial charge in [-0.2, -0.15) is 0 Å². The Hall–Kier alpha value is -3.48. The van der Waals surface area contributed by atoms with Gasteiger partial charge in [0.05, 0.1) is 10.3 Å². The highest BCUT2D eigenvalue weighted by Gasteiger charge is 2.14. The second-order valence-corrected chi connectivity index (χ2v) is 5.36. The number of fused-ring (bicyclic) bond motifs is 1. The number of hydrogen-bond donors (Lipinski definition) is 2. The molecule has 1 aromatic heterocycles. The second kappa shape index (κ2) is 7.39. The first-order chi connectivity index (χ1) is 12.2. The van der Waals surface area contributed by atoms with Crippen LogP contribution in [0.3, 0.4) is 0 Å². The summed E-state index contributed by atoms with van der Waals surface area (Å²) >= 11 is 0. The minimum absolute atomic E-state index is 0.0195. The van der Waals surface area contributed by atoms with Crippen molar-refractivity contribution in [2.75, 3.05) is 18.4 Å². The summed E-state index contributed by atoms with van der Waals surface area (Å²) in [5.74, 6) is -0.139. The summed E-state index contributed by atoms with van der Waals surface area (Å²) in [5, 5.41) is 18.3. The Morgan fingerprint density at radius 3 is 2.60 bits per heavy atom. The lowest BCUT2D eigenvalue weighted by molar-refractivity contribution is -0.383.